The van der Waals surface area contributed by atoms with E-state index in [9.17, 15) is 14.4 Å². The fourth-order valence-electron chi connectivity index (χ4n) is 9.49. The lowest BCUT2D eigenvalue weighted by molar-refractivity contribution is -0.132. The molecule has 4 saturated heterocycles. The van der Waals surface area contributed by atoms with Gasteiger partial charge in [0.05, 0.1) is 44.3 Å². The Kier molecular flexibility index (Phi) is 8.03. The SMILES string of the molecule is N#Cc1c(N)sc2c(F)ccc(-c3c(F)c4c5c(c3Cl)NCN=C5N(C3CCCN(C(=O)[C@@H]5N[C@H]5C5CC5)C3)C=C(OC[C@@]35CCCN3C[C@H](F)C5)O4)c12. The highest BCUT2D eigenvalue weighted by Gasteiger charge is 2.53. The van der Waals surface area contributed by atoms with E-state index in [1.165, 1.54) is 12.1 Å². The molecule has 1 aromatic heterocycles. The highest BCUT2D eigenvalue weighted by molar-refractivity contribution is 7.23. The minimum atomic E-state index is -0.970. The lowest BCUT2D eigenvalue weighted by Crippen LogP contribution is -2.51. The van der Waals surface area contributed by atoms with Gasteiger partial charge in [-0.25, -0.2) is 18.2 Å². The number of amidine groups is 1. The van der Waals surface area contributed by atoms with Crippen molar-refractivity contribution in [1.29, 1.82) is 5.26 Å². The van der Waals surface area contributed by atoms with E-state index in [0.717, 1.165) is 50.0 Å². The fourth-order valence-corrected chi connectivity index (χ4v) is 10.8. The number of nitrogen functional groups attached to an aromatic ring is 1. The maximum Gasteiger partial charge on any atom is 0.302 e. The molecule has 4 N–H and O–H groups in total. The molecule has 54 heavy (non-hydrogen) atoms. The first-order valence-electron chi connectivity index (χ1n) is 18.6. The summed E-state index contributed by atoms with van der Waals surface area (Å²) in [5.74, 6) is -0.605. The van der Waals surface area contributed by atoms with Gasteiger partial charge in [0, 0.05) is 43.0 Å². The van der Waals surface area contributed by atoms with Crippen LogP contribution in [-0.4, -0.2) is 95.7 Å². The zero-order chi connectivity index (χ0) is 37.0. The van der Waals surface area contributed by atoms with Crippen molar-refractivity contribution >= 4 is 55.5 Å². The first-order chi connectivity index (χ1) is 26.2. The van der Waals surface area contributed by atoms with Gasteiger partial charge in [-0.3, -0.25) is 15.0 Å². The molecule has 1 saturated carbocycles. The number of rotatable bonds is 7. The van der Waals surface area contributed by atoms with Crippen LogP contribution in [0.4, 0.5) is 23.9 Å². The van der Waals surface area contributed by atoms with Crippen LogP contribution in [0.15, 0.2) is 29.3 Å². The first-order valence-corrected chi connectivity index (χ1v) is 19.8. The van der Waals surface area contributed by atoms with Crippen LogP contribution >= 0.6 is 22.9 Å². The number of ether oxygens (including phenoxy) is 2. The number of anilines is 2. The Bertz CT molecular complexity index is 2220. The van der Waals surface area contributed by atoms with Crippen LogP contribution in [0.1, 0.15) is 56.1 Å². The lowest BCUT2D eigenvalue weighted by Gasteiger charge is -2.39. The number of carbonyl (C=O) groups excluding carboxylic acids is 1. The third kappa shape index (κ3) is 5.35. The smallest absolute Gasteiger partial charge is 0.302 e. The predicted molar refractivity (Wildman–Crippen MR) is 199 cm³/mol. The van der Waals surface area contributed by atoms with Gasteiger partial charge in [0.25, 0.3) is 0 Å². The molecule has 3 aromatic rings. The molecular weight excluding hydrogens is 741 g/mol. The number of alkyl halides is 1. The Morgan fingerprint density at radius 2 is 2.06 bits per heavy atom. The molecule has 5 atom stereocenters. The van der Waals surface area contributed by atoms with E-state index < -0.39 is 23.3 Å². The van der Waals surface area contributed by atoms with Gasteiger partial charge in [-0.1, -0.05) is 17.7 Å². The molecule has 11 nitrogen and oxygen atoms in total. The van der Waals surface area contributed by atoms with E-state index in [4.69, 9.17) is 31.8 Å². The predicted octanol–water partition coefficient (Wildman–Crippen LogP) is 5.91. The van der Waals surface area contributed by atoms with Crippen molar-refractivity contribution in [3.8, 4) is 22.9 Å². The van der Waals surface area contributed by atoms with E-state index in [2.05, 4.69) is 15.5 Å². The second-order valence-corrected chi connectivity index (χ2v) is 17.0. The fraction of sp³-hybridized carbons (Fsp3) is 0.500. The van der Waals surface area contributed by atoms with Crippen LogP contribution in [-0.2, 0) is 9.53 Å². The summed E-state index contributed by atoms with van der Waals surface area (Å²) in [6.07, 6.45) is 6.50. The normalized spacial score (nSPS) is 28.7. The Balaban J connectivity index is 1.08. The maximum absolute atomic E-state index is 17.5. The van der Waals surface area contributed by atoms with E-state index in [0.29, 0.717) is 49.9 Å². The van der Waals surface area contributed by atoms with E-state index in [-0.39, 0.29) is 91.4 Å². The number of aliphatic imine (C=N–C) groups is 1. The number of fused-ring (bicyclic) bond motifs is 2. The van der Waals surface area contributed by atoms with Crippen LogP contribution < -0.4 is 21.1 Å². The van der Waals surface area contributed by atoms with Crippen molar-refractivity contribution in [2.75, 3.05) is 50.5 Å². The number of likely N-dealkylation sites (tertiary alicyclic amines) is 1. The van der Waals surface area contributed by atoms with Crippen molar-refractivity contribution in [2.24, 2.45) is 10.9 Å². The first kappa shape index (κ1) is 34.3. The van der Waals surface area contributed by atoms with Gasteiger partial charge >= 0.3 is 5.95 Å². The Morgan fingerprint density at radius 1 is 1.20 bits per heavy atom. The molecule has 0 bridgehead atoms. The van der Waals surface area contributed by atoms with Gasteiger partial charge in [-0.15, -0.1) is 11.3 Å². The van der Waals surface area contributed by atoms with Crippen molar-refractivity contribution in [2.45, 2.75) is 74.8 Å². The molecular formula is C38H38ClF3N8O3S. The zero-order valence-electron chi connectivity index (χ0n) is 29.3. The molecule has 16 heteroatoms. The number of nitrogens with two attached hydrogens (primary N) is 1. The molecule has 1 aliphatic carbocycles. The summed E-state index contributed by atoms with van der Waals surface area (Å²) >= 11 is 8.05. The minimum Gasteiger partial charge on any atom is -0.462 e. The van der Waals surface area contributed by atoms with Crippen molar-refractivity contribution in [3.63, 3.8) is 0 Å². The standard InChI is InChI=1S/C38H38ClF3N8O3S/c39-28-26(21-6-7-23(41)34-25(21)22(12-43)35(44)54-34)29(42)33-27-31(28)45-17-46-36(27)50(15-24(53-33)52-16-38-8-2-10-49(38)13-19(40)11-38)20-3-1-9-48(14-20)37(51)32-30(47-32)18-4-5-18/h6-7,15,18-20,30,32,45,47H,1-5,8-11,13-14,16-17,44H2/t19-,20?,30+,32-,38+/m1/s1. The summed E-state index contributed by atoms with van der Waals surface area (Å²) in [5, 5.41) is 16.9. The third-order valence-corrected chi connectivity index (χ3v) is 13.7. The van der Waals surface area contributed by atoms with Crippen LogP contribution in [0.3, 0.4) is 0 Å². The quantitative estimate of drug-likeness (QED) is 0.250. The second-order valence-electron chi connectivity index (χ2n) is 15.6. The topological polar surface area (TPSA) is 141 Å². The highest BCUT2D eigenvalue weighted by Crippen LogP contribution is 2.51. The van der Waals surface area contributed by atoms with Gasteiger partial charge < -0.3 is 30.3 Å². The summed E-state index contributed by atoms with van der Waals surface area (Å²) in [7, 11) is 0. The van der Waals surface area contributed by atoms with Gasteiger partial charge in [0.2, 0.25) is 5.91 Å². The molecule has 10 rings (SSSR count). The second kappa shape index (κ2) is 12.7. The number of nitrogens with zero attached hydrogens (tertiary/aromatic N) is 5. The number of carbonyl (C=O) groups is 1. The maximum atomic E-state index is 17.5. The molecule has 2 aromatic carbocycles. The average Bonchev–Trinajstić information content (AvgIpc) is 4.07. The van der Waals surface area contributed by atoms with Crippen LogP contribution in [0.5, 0.6) is 5.75 Å². The number of nitriles is 1. The van der Waals surface area contributed by atoms with Crippen molar-refractivity contribution in [1.82, 2.24) is 20.0 Å². The summed E-state index contributed by atoms with van der Waals surface area (Å²) in [6, 6.07) is 4.47. The number of hydrogen-bond donors (Lipinski definition) is 3. The number of nitrogens with one attached hydrogen (secondary N) is 2. The number of amides is 1. The third-order valence-electron chi connectivity index (χ3n) is 12.3. The van der Waals surface area contributed by atoms with E-state index in [1.54, 1.807) is 6.20 Å². The van der Waals surface area contributed by atoms with Crippen LogP contribution in [0.2, 0.25) is 5.02 Å². The van der Waals surface area contributed by atoms with Gasteiger partial charge in [0.15, 0.2) is 11.6 Å². The number of halogens is 4. The Hall–Kier alpha value is -4.23. The summed E-state index contributed by atoms with van der Waals surface area (Å²) in [6.45, 7) is 2.39. The Morgan fingerprint density at radius 3 is 2.87 bits per heavy atom. The molecule has 7 heterocycles. The van der Waals surface area contributed by atoms with Crippen LogP contribution in [0, 0.1) is 28.9 Å². The molecule has 1 amide bonds. The molecule has 1 unspecified atom stereocenters. The minimum absolute atomic E-state index is 0.0000543. The number of hydrogen-bond acceptors (Lipinski definition) is 11. The molecule has 7 aliphatic rings. The van der Waals surface area contributed by atoms with Crippen LogP contribution in [0.25, 0.3) is 21.2 Å². The molecule has 282 valence electrons. The molecule has 6 aliphatic heterocycles. The van der Waals surface area contributed by atoms with Gasteiger partial charge in [-0.05, 0) is 62.6 Å². The summed E-state index contributed by atoms with van der Waals surface area (Å²) in [5.41, 5.74) is 6.36. The largest absolute Gasteiger partial charge is 0.462 e. The van der Waals surface area contributed by atoms with Crippen molar-refractivity contribution < 1.29 is 27.4 Å². The van der Waals surface area contributed by atoms with E-state index >= 15 is 8.78 Å². The highest BCUT2D eigenvalue weighted by atomic mass is 35.5. The van der Waals surface area contributed by atoms with Gasteiger partial charge in [-0.2, -0.15) is 5.26 Å². The van der Waals surface area contributed by atoms with E-state index in [1.807, 2.05) is 15.9 Å². The van der Waals surface area contributed by atoms with Gasteiger partial charge in [0.1, 0.15) is 48.2 Å². The molecule has 5 fully saturated rings. The zero-order valence-corrected chi connectivity index (χ0v) is 30.8. The van der Waals surface area contributed by atoms with Crippen molar-refractivity contribution in [3.05, 3.63) is 52.1 Å². The Labute approximate surface area is 318 Å². The number of benzene rings is 2. The monoisotopic (exact) mass is 778 g/mol. The lowest BCUT2D eigenvalue weighted by atomic mass is 9.94. The number of thiophene rings is 1. The molecule has 0 radical (unpaired) electrons. The molecule has 0 spiro atoms. The summed E-state index contributed by atoms with van der Waals surface area (Å²) in [4.78, 5) is 24.5. The number of piperidine rings is 1. The average molecular weight is 779 g/mol. The summed E-state index contributed by atoms with van der Waals surface area (Å²) < 4.78 is 60.4.